The topological polar surface area (TPSA) is 23.6 Å². The first-order chi connectivity index (χ1) is 10.7. The minimum atomic E-state index is 0.148. The summed E-state index contributed by atoms with van der Waals surface area (Å²) >= 11 is 0. The fourth-order valence-electron chi connectivity index (χ4n) is 2.90. The molecular formula is C19H22N2O. The van der Waals surface area contributed by atoms with E-state index in [2.05, 4.69) is 29.2 Å². The van der Waals surface area contributed by atoms with Gasteiger partial charge in [0, 0.05) is 37.4 Å². The highest BCUT2D eigenvalue weighted by atomic mass is 16.2. The first kappa shape index (κ1) is 14.6. The molecule has 3 rings (SSSR count). The minimum Gasteiger partial charge on any atom is -0.370 e. The van der Waals surface area contributed by atoms with Gasteiger partial charge in [-0.1, -0.05) is 35.9 Å². The molecule has 114 valence electrons. The molecule has 22 heavy (non-hydrogen) atoms. The molecule has 1 heterocycles. The molecule has 0 unspecified atom stereocenters. The SMILES string of the molecule is Cc1ccc(C(=O)N2CCCN(c3ccccc3)CC2)cc1. The molecule has 0 aliphatic carbocycles. The Morgan fingerprint density at radius 3 is 2.32 bits per heavy atom. The van der Waals surface area contributed by atoms with Crippen LogP contribution in [-0.2, 0) is 0 Å². The maximum atomic E-state index is 12.6. The number of amides is 1. The molecule has 0 bridgehead atoms. The number of carbonyl (C=O) groups is 1. The fraction of sp³-hybridized carbons (Fsp3) is 0.316. The van der Waals surface area contributed by atoms with Gasteiger partial charge in [0.15, 0.2) is 0 Å². The van der Waals surface area contributed by atoms with Crippen LogP contribution in [0.5, 0.6) is 0 Å². The van der Waals surface area contributed by atoms with Crippen LogP contribution in [0.4, 0.5) is 5.69 Å². The Hall–Kier alpha value is -2.29. The van der Waals surface area contributed by atoms with Crippen LogP contribution < -0.4 is 4.90 Å². The molecule has 1 amide bonds. The quantitative estimate of drug-likeness (QED) is 0.848. The molecule has 0 atom stereocenters. The highest BCUT2D eigenvalue weighted by Crippen LogP contribution is 2.17. The van der Waals surface area contributed by atoms with Gasteiger partial charge >= 0.3 is 0 Å². The van der Waals surface area contributed by atoms with Crippen molar-refractivity contribution in [2.24, 2.45) is 0 Å². The van der Waals surface area contributed by atoms with Gasteiger partial charge in [0.25, 0.3) is 5.91 Å². The lowest BCUT2D eigenvalue weighted by molar-refractivity contribution is 0.0767. The predicted octanol–water partition coefficient (Wildman–Crippen LogP) is 3.35. The van der Waals surface area contributed by atoms with Gasteiger partial charge in [0.2, 0.25) is 0 Å². The van der Waals surface area contributed by atoms with Crippen molar-refractivity contribution in [2.45, 2.75) is 13.3 Å². The third kappa shape index (κ3) is 3.30. The molecule has 2 aromatic rings. The number of aryl methyl sites for hydroxylation is 1. The third-order valence-corrected chi connectivity index (χ3v) is 4.20. The monoisotopic (exact) mass is 294 g/mol. The molecule has 0 radical (unpaired) electrons. The number of hydrogen-bond acceptors (Lipinski definition) is 2. The lowest BCUT2D eigenvalue weighted by Gasteiger charge is -2.23. The van der Waals surface area contributed by atoms with Gasteiger partial charge in [0.1, 0.15) is 0 Å². The second-order valence-electron chi connectivity index (χ2n) is 5.83. The number of hydrogen-bond donors (Lipinski definition) is 0. The second-order valence-corrected chi connectivity index (χ2v) is 5.83. The van der Waals surface area contributed by atoms with Crippen molar-refractivity contribution in [3.05, 3.63) is 65.7 Å². The van der Waals surface area contributed by atoms with Gasteiger partial charge in [-0.3, -0.25) is 4.79 Å². The highest BCUT2D eigenvalue weighted by molar-refractivity contribution is 5.94. The van der Waals surface area contributed by atoms with Crippen LogP contribution in [0.2, 0.25) is 0 Å². The van der Waals surface area contributed by atoms with Crippen molar-refractivity contribution < 1.29 is 4.79 Å². The number of nitrogens with zero attached hydrogens (tertiary/aromatic N) is 2. The van der Waals surface area contributed by atoms with Crippen LogP contribution in [0.1, 0.15) is 22.3 Å². The molecule has 1 saturated heterocycles. The van der Waals surface area contributed by atoms with E-state index in [9.17, 15) is 4.79 Å². The van der Waals surface area contributed by atoms with E-state index in [-0.39, 0.29) is 5.91 Å². The second kappa shape index (κ2) is 6.65. The number of benzene rings is 2. The van der Waals surface area contributed by atoms with Crippen LogP contribution in [0, 0.1) is 6.92 Å². The predicted molar refractivity (Wildman–Crippen MR) is 90.4 cm³/mol. The number of para-hydroxylation sites is 1. The van der Waals surface area contributed by atoms with Crippen LogP contribution in [0.3, 0.4) is 0 Å². The molecule has 1 fully saturated rings. The molecule has 3 nitrogen and oxygen atoms in total. The Kier molecular flexibility index (Phi) is 4.42. The summed E-state index contributed by atoms with van der Waals surface area (Å²) in [4.78, 5) is 17.0. The average Bonchev–Trinajstić information content (AvgIpc) is 2.82. The summed E-state index contributed by atoms with van der Waals surface area (Å²) in [5.41, 5.74) is 3.22. The van der Waals surface area contributed by atoms with Crippen molar-refractivity contribution in [3.8, 4) is 0 Å². The Bertz CT molecular complexity index is 622. The molecule has 3 heteroatoms. The van der Waals surface area contributed by atoms with Gasteiger partial charge in [-0.25, -0.2) is 0 Å². The van der Waals surface area contributed by atoms with Crippen molar-refractivity contribution in [3.63, 3.8) is 0 Å². The fourth-order valence-corrected chi connectivity index (χ4v) is 2.90. The summed E-state index contributed by atoms with van der Waals surface area (Å²) in [6.45, 7) is 5.54. The van der Waals surface area contributed by atoms with E-state index < -0.39 is 0 Å². The van der Waals surface area contributed by atoms with Crippen LogP contribution in [-0.4, -0.2) is 37.0 Å². The Morgan fingerprint density at radius 1 is 0.864 bits per heavy atom. The molecule has 1 aliphatic rings. The van der Waals surface area contributed by atoms with E-state index in [1.54, 1.807) is 0 Å². The lowest BCUT2D eigenvalue weighted by atomic mass is 10.1. The highest BCUT2D eigenvalue weighted by Gasteiger charge is 2.20. The smallest absolute Gasteiger partial charge is 0.253 e. The largest absolute Gasteiger partial charge is 0.370 e. The van der Waals surface area contributed by atoms with Crippen molar-refractivity contribution in [2.75, 3.05) is 31.1 Å². The summed E-state index contributed by atoms with van der Waals surface area (Å²) in [7, 11) is 0. The Balaban J connectivity index is 1.67. The molecular weight excluding hydrogens is 272 g/mol. The number of carbonyl (C=O) groups excluding carboxylic acids is 1. The molecule has 0 N–H and O–H groups in total. The molecule has 0 spiro atoms. The maximum Gasteiger partial charge on any atom is 0.253 e. The third-order valence-electron chi connectivity index (χ3n) is 4.20. The minimum absolute atomic E-state index is 0.148. The van der Waals surface area contributed by atoms with Crippen molar-refractivity contribution >= 4 is 11.6 Å². The van der Waals surface area contributed by atoms with E-state index >= 15 is 0 Å². The average molecular weight is 294 g/mol. The zero-order valence-corrected chi connectivity index (χ0v) is 13.0. The van der Waals surface area contributed by atoms with Crippen LogP contribution in [0.15, 0.2) is 54.6 Å². The van der Waals surface area contributed by atoms with E-state index in [1.807, 2.05) is 42.2 Å². The first-order valence-electron chi connectivity index (χ1n) is 7.90. The summed E-state index contributed by atoms with van der Waals surface area (Å²) in [5, 5.41) is 0. The summed E-state index contributed by atoms with van der Waals surface area (Å²) < 4.78 is 0. The van der Waals surface area contributed by atoms with E-state index in [4.69, 9.17) is 0 Å². The number of rotatable bonds is 2. The zero-order chi connectivity index (χ0) is 15.4. The van der Waals surface area contributed by atoms with Crippen LogP contribution in [0.25, 0.3) is 0 Å². The van der Waals surface area contributed by atoms with E-state index in [0.29, 0.717) is 0 Å². The Labute approximate surface area is 132 Å². The summed E-state index contributed by atoms with van der Waals surface area (Å²) in [5.74, 6) is 0.148. The molecule has 0 saturated carbocycles. The van der Waals surface area contributed by atoms with Gasteiger partial charge in [-0.2, -0.15) is 0 Å². The lowest BCUT2D eigenvalue weighted by Crippen LogP contribution is -2.35. The number of anilines is 1. The van der Waals surface area contributed by atoms with Gasteiger partial charge < -0.3 is 9.80 Å². The first-order valence-corrected chi connectivity index (χ1v) is 7.90. The summed E-state index contributed by atoms with van der Waals surface area (Å²) in [6, 6.07) is 18.3. The summed E-state index contributed by atoms with van der Waals surface area (Å²) in [6.07, 6.45) is 1.01. The van der Waals surface area contributed by atoms with Crippen molar-refractivity contribution in [1.82, 2.24) is 4.90 Å². The van der Waals surface area contributed by atoms with Crippen molar-refractivity contribution in [1.29, 1.82) is 0 Å². The van der Waals surface area contributed by atoms with Gasteiger partial charge in [0.05, 0.1) is 0 Å². The van der Waals surface area contributed by atoms with Gasteiger partial charge in [-0.15, -0.1) is 0 Å². The van der Waals surface area contributed by atoms with Crippen LogP contribution >= 0.6 is 0 Å². The molecule has 0 aromatic heterocycles. The Morgan fingerprint density at radius 2 is 1.59 bits per heavy atom. The van der Waals surface area contributed by atoms with E-state index in [0.717, 1.165) is 38.2 Å². The molecule has 1 aliphatic heterocycles. The van der Waals surface area contributed by atoms with E-state index in [1.165, 1.54) is 11.3 Å². The maximum absolute atomic E-state index is 12.6. The zero-order valence-electron chi connectivity index (χ0n) is 13.0. The normalized spacial score (nSPS) is 15.5. The molecule has 2 aromatic carbocycles. The standard InChI is InChI=1S/C19H22N2O/c1-16-8-10-17(11-9-16)19(22)21-13-5-12-20(14-15-21)18-6-3-2-4-7-18/h2-4,6-11H,5,12-15H2,1H3. The van der Waals surface area contributed by atoms with Gasteiger partial charge in [-0.05, 0) is 37.6 Å².